The Kier molecular flexibility index (Phi) is 34.2. The van der Waals surface area contributed by atoms with E-state index in [1.54, 1.807) is 13.8 Å². The standard InChI is InChI=1S/C48H91N17O12/c1-28(2)38(47(76)77)64-44(73)33(16-6-10-24-52)60-43(72)34(17-11-25-57-48(55)56)61-41(70)31(14-4-8-22-50)58-40(69)30(13-3-7-21-49)59-42(71)32(15-5-9-23-51)62-45(74)36-18-12-26-65(36)46(75)35(19-20-37(54)67)63-39(68)29(53)27-66/h28-36,38,66H,3-27,49-53H2,1-2H3,(H2,54,67)(H,58,69)(H,59,71)(H,60,72)(H,61,70)(H,62,74)(H,63,68)(H,64,73)(H,76,77)(H4,55,56,57)/t29-,30-,31-,32-,33-,34-,35-,36-,38-/m0/s1. The van der Waals surface area contributed by atoms with Gasteiger partial charge in [0.05, 0.1) is 6.61 Å². The number of hydrogen-bond acceptors (Lipinski definition) is 17. The van der Waals surface area contributed by atoms with Gasteiger partial charge < -0.3 is 97.8 Å². The van der Waals surface area contributed by atoms with Crippen LogP contribution in [0, 0.1) is 11.3 Å². The Bertz CT molecular complexity index is 1920. The minimum absolute atomic E-state index is 0.0318. The molecule has 0 radical (unpaired) electrons. The highest BCUT2D eigenvalue weighted by Gasteiger charge is 2.40. The van der Waals surface area contributed by atoms with Gasteiger partial charge in [0.25, 0.3) is 0 Å². The van der Waals surface area contributed by atoms with Gasteiger partial charge in [-0.3, -0.25) is 48.6 Å². The first-order valence-corrected chi connectivity index (χ1v) is 26.8. The molecule has 1 fully saturated rings. The van der Waals surface area contributed by atoms with Crippen LogP contribution in [0.4, 0.5) is 0 Å². The molecule has 25 N–H and O–H groups in total. The molecule has 0 aliphatic carbocycles. The molecule has 29 nitrogen and oxygen atoms in total. The van der Waals surface area contributed by atoms with E-state index in [9.17, 15) is 58.2 Å². The number of unbranched alkanes of at least 4 members (excludes halogenated alkanes) is 4. The number of aliphatic carboxylic acids is 1. The molecule has 1 aliphatic heterocycles. The molecule has 0 aromatic carbocycles. The van der Waals surface area contributed by atoms with Gasteiger partial charge in [-0.2, -0.15) is 0 Å². The molecule has 9 atom stereocenters. The average Bonchev–Trinajstić information content (AvgIpc) is 3.88. The highest BCUT2D eigenvalue weighted by Crippen LogP contribution is 2.21. The molecule has 77 heavy (non-hydrogen) atoms. The first-order valence-electron chi connectivity index (χ1n) is 26.8. The molecule has 1 rings (SSSR count). The third-order valence-corrected chi connectivity index (χ3v) is 12.8. The molecular weight excluding hydrogens is 1010 g/mol. The van der Waals surface area contributed by atoms with Crippen LogP contribution < -0.4 is 82.7 Å². The van der Waals surface area contributed by atoms with E-state index in [1.165, 1.54) is 4.90 Å². The lowest BCUT2D eigenvalue weighted by Crippen LogP contribution is -2.60. The van der Waals surface area contributed by atoms with E-state index in [4.69, 9.17) is 45.5 Å². The fraction of sp³-hybridized carbons (Fsp3) is 0.771. The highest BCUT2D eigenvalue weighted by molar-refractivity contribution is 5.98. The number of aliphatic hydroxyl groups excluding tert-OH is 1. The summed E-state index contributed by atoms with van der Waals surface area (Å²) < 4.78 is 0. The van der Waals surface area contributed by atoms with Gasteiger partial charge in [-0.1, -0.05) is 13.8 Å². The molecule has 1 heterocycles. The summed E-state index contributed by atoms with van der Waals surface area (Å²) in [6.45, 7) is 3.75. The van der Waals surface area contributed by atoms with Crippen molar-refractivity contribution in [2.24, 2.45) is 46.1 Å². The van der Waals surface area contributed by atoms with Crippen molar-refractivity contribution < 1.29 is 58.2 Å². The zero-order chi connectivity index (χ0) is 58.0. The number of rotatable bonds is 41. The van der Waals surface area contributed by atoms with E-state index in [2.05, 4.69) is 42.5 Å². The number of nitrogens with two attached hydrogens (primary N) is 7. The molecular formula is C48H91N17O12. The lowest BCUT2D eigenvalue weighted by molar-refractivity contribution is -0.143. The number of aliphatic hydroxyl groups is 1. The average molecular weight is 1100 g/mol. The molecule has 0 saturated carbocycles. The zero-order valence-electron chi connectivity index (χ0n) is 44.9. The Morgan fingerprint density at radius 3 is 1.31 bits per heavy atom. The van der Waals surface area contributed by atoms with E-state index in [1.807, 2.05) is 0 Å². The van der Waals surface area contributed by atoms with Gasteiger partial charge in [-0.15, -0.1) is 0 Å². The van der Waals surface area contributed by atoms with Crippen LogP contribution in [0.15, 0.2) is 0 Å². The van der Waals surface area contributed by atoms with Crippen LogP contribution >= 0.6 is 0 Å². The molecule has 1 aliphatic rings. The van der Waals surface area contributed by atoms with Gasteiger partial charge in [0.15, 0.2) is 5.96 Å². The number of carbonyl (C=O) groups is 10. The van der Waals surface area contributed by atoms with Crippen LogP contribution in [-0.2, 0) is 47.9 Å². The predicted molar refractivity (Wildman–Crippen MR) is 285 cm³/mol. The summed E-state index contributed by atoms with van der Waals surface area (Å²) in [4.78, 5) is 136. The summed E-state index contributed by atoms with van der Waals surface area (Å²) in [5.74, 6) is -9.07. The van der Waals surface area contributed by atoms with Crippen molar-refractivity contribution >= 4 is 65.1 Å². The quantitative estimate of drug-likeness (QED) is 0.0154. The summed E-state index contributed by atoms with van der Waals surface area (Å²) in [7, 11) is 0. The lowest BCUT2D eigenvalue weighted by Gasteiger charge is -2.30. The van der Waals surface area contributed by atoms with Crippen LogP contribution in [0.5, 0.6) is 0 Å². The predicted octanol–water partition coefficient (Wildman–Crippen LogP) is -5.52. The number of guanidine groups is 1. The van der Waals surface area contributed by atoms with Crippen molar-refractivity contribution in [3.8, 4) is 0 Å². The second-order valence-electron chi connectivity index (χ2n) is 19.5. The van der Waals surface area contributed by atoms with Crippen molar-refractivity contribution in [2.75, 3.05) is 45.9 Å². The van der Waals surface area contributed by atoms with Crippen molar-refractivity contribution in [2.45, 2.75) is 184 Å². The molecule has 0 unspecified atom stereocenters. The second-order valence-corrected chi connectivity index (χ2v) is 19.5. The molecule has 29 heteroatoms. The van der Waals surface area contributed by atoms with Crippen LogP contribution in [0.25, 0.3) is 0 Å². The lowest BCUT2D eigenvalue weighted by atomic mass is 10.0. The Balaban J connectivity index is 3.57. The summed E-state index contributed by atoms with van der Waals surface area (Å²) in [5, 5.41) is 47.8. The van der Waals surface area contributed by atoms with Crippen LogP contribution in [0.1, 0.15) is 129 Å². The minimum Gasteiger partial charge on any atom is -0.480 e. The highest BCUT2D eigenvalue weighted by atomic mass is 16.4. The fourth-order valence-corrected chi connectivity index (χ4v) is 8.38. The first-order chi connectivity index (χ1) is 36.6. The second kappa shape index (κ2) is 38.3. The number of nitrogens with zero attached hydrogens (tertiary/aromatic N) is 1. The molecule has 9 amide bonds. The number of nitrogens with one attached hydrogen (secondary N) is 9. The van der Waals surface area contributed by atoms with Gasteiger partial charge in [-0.05, 0) is 141 Å². The van der Waals surface area contributed by atoms with E-state index < -0.39 is 126 Å². The summed E-state index contributed by atoms with van der Waals surface area (Å²) in [6.07, 6.45) is 3.66. The minimum atomic E-state index is -1.38. The summed E-state index contributed by atoms with van der Waals surface area (Å²) in [6, 6.07) is -11.5. The van der Waals surface area contributed by atoms with Crippen molar-refractivity contribution in [3.63, 3.8) is 0 Å². The SMILES string of the molecule is CC(C)[C@H](NC(=O)[C@H](CCCCN)NC(=O)[C@H](CCCNC(=N)N)NC(=O)[C@H](CCCCN)NC(=O)[C@H](CCCCN)NC(=O)[C@H](CCCCN)NC(=O)[C@@H]1CCCN1C(=O)[C@H](CCC(N)=O)NC(=O)[C@@H](N)CO)C(=O)O. The number of likely N-dealkylation sites (tertiary alicyclic amines) is 1. The molecule has 0 aromatic rings. The van der Waals surface area contributed by atoms with E-state index >= 15 is 0 Å². The number of carboxylic acid groups (broad SMARTS) is 1. The number of hydrogen-bond donors (Lipinski definition) is 18. The Hall–Kier alpha value is -6.27. The van der Waals surface area contributed by atoms with Crippen LogP contribution in [0.2, 0.25) is 0 Å². The topological polar surface area (TPSA) is 517 Å². The molecule has 0 spiro atoms. The third-order valence-electron chi connectivity index (χ3n) is 12.8. The molecule has 440 valence electrons. The number of amides is 9. The maximum atomic E-state index is 14.4. The smallest absolute Gasteiger partial charge is 0.326 e. The zero-order valence-corrected chi connectivity index (χ0v) is 44.9. The van der Waals surface area contributed by atoms with Gasteiger partial charge in [-0.25, -0.2) is 4.79 Å². The Morgan fingerprint density at radius 1 is 0.558 bits per heavy atom. The van der Waals surface area contributed by atoms with E-state index in [-0.39, 0.29) is 103 Å². The van der Waals surface area contributed by atoms with E-state index in [0.29, 0.717) is 57.8 Å². The van der Waals surface area contributed by atoms with Crippen LogP contribution in [0.3, 0.4) is 0 Å². The first kappa shape index (κ1) is 68.7. The third kappa shape index (κ3) is 26.6. The van der Waals surface area contributed by atoms with Gasteiger partial charge in [0.2, 0.25) is 53.2 Å². The maximum Gasteiger partial charge on any atom is 0.326 e. The monoisotopic (exact) mass is 1100 g/mol. The van der Waals surface area contributed by atoms with Crippen molar-refractivity contribution in [1.82, 2.24) is 47.4 Å². The molecule has 1 saturated heterocycles. The molecule has 0 aromatic heterocycles. The van der Waals surface area contributed by atoms with E-state index in [0.717, 1.165) is 0 Å². The number of carbonyl (C=O) groups excluding carboxylic acids is 9. The van der Waals surface area contributed by atoms with Gasteiger partial charge >= 0.3 is 5.97 Å². The summed E-state index contributed by atoms with van der Waals surface area (Å²) in [5.41, 5.74) is 39.5. The number of carboxylic acids is 1. The largest absolute Gasteiger partial charge is 0.480 e. The van der Waals surface area contributed by atoms with Gasteiger partial charge in [0.1, 0.15) is 54.4 Å². The fourth-order valence-electron chi connectivity index (χ4n) is 8.38. The van der Waals surface area contributed by atoms with Crippen molar-refractivity contribution in [3.05, 3.63) is 0 Å². The summed E-state index contributed by atoms with van der Waals surface area (Å²) >= 11 is 0. The normalized spacial score (nSPS) is 16.3. The van der Waals surface area contributed by atoms with Gasteiger partial charge in [0, 0.05) is 19.5 Å². The number of primary amides is 1. The Morgan fingerprint density at radius 2 is 0.948 bits per heavy atom. The van der Waals surface area contributed by atoms with Crippen LogP contribution in [-0.4, -0.2) is 180 Å². The van der Waals surface area contributed by atoms with Crippen molar-refractivity contribution in [1.29, 1.82) is 5.41 Å². The molecule has 0 bridgehead atoms. The maximum absolute atomic E-state index is 14.4. The Labute approximate surface area is 450 Å².